The van der Waals surface area contributed by atoms with Gasteiger partial charge in [0.15, 0.2) is 11.5 Å². The highest BCUT2D eigenvalue weighted by molar-refractivity contribution is 5.81. The number of allylic oxidation sites excluding steroid dienone is 1. The minimum atomic E-state index is -0.614. The van der Waals surface area contributed by atoms with Gasteiger partial charge >= 0.3 is 0 Å². The summed E-state index contributed by atoms with van der Waals surface area (Å²) < 4.78 is 1.83. The van der Waals surface area contributed by atoms with Crippen molar-refractivity contribution in [2.24, 2.45) is 0 Å². The minimum absolute atomic E-state index is 0.0681. The first-order valence-corrected chi connectivity index (χ1v) is 5.63. The van der Waals surface area contributed by atoms with Crippen LogP contribution in [-0.4, -0.2) is 42.4 Å². The molecule has 0 saturated carbocycles. The van der Waals surface area contributed by atoms with Gasteiger partial charge in [0.25, 0.3) is 0 Å². The van der Waals surface area contributed by atoms with Crippen molar-refractivity contribution in [1.29, 1.82) is 0 Å². The number of fused-ring (bicyclic) bond motifs is 1. The summed E-state index contributed by atoms with van der Waals surface area (Å²) in [5.74, 6) is 0.337. The Labute approximate surface area is 103 Å². The molecule has 7 heteroatoms. The number of anilines is 1. The number of aliphatic hydroxyl groups excluding tert-OH is 2. The third-order valence-corrected chi connectivity index (χ3v) is 3.23. The zero-order chi connectivity index (χ0) is 12.7. The molecule has 7 nitrogen and oxygen atoms in total. The molecule has 0 bridgehead atoms. The monoisotopic (exact) mass is 247 g/mol. The van der Waals surface area contributed by atoms with Gasteiger partial charge < -0.3 is 20.5 Å². The van der Waals surface area contributed by atoms with E-state index in [9.17, 15) is 5.11 Å². The van der Waals surface area contributed by atoms with E-state index in [1.807, 2.05) is 10.6 Å². The van der Waals surface area contributed by atoms with Crippen molar-refractivity contribution in [3.05, 3.63) is 24.3 Å². The molecular formula is C11H13N5O2. The van der Waals surface area contributed by atoms with E-state index in [1.165, 1.54) is 6.33 Å². The number of hydrogen-bond acceptors (Lipinski definition) is 6. The Hall–Kier alpha value is -1.99. The molecule has 4 N–H and O–H groups in total. The van der Waals surface area contributed by atoms with Crippen molar-refractivity contribution in [2.75, 3.05) is 12.3 Å². The van der Waals surface area contributed by atoms with E-state index < -0.39 is 6.10 Å². The van der Waals surface area contributed by atoms with Crippen LogP contribution >= 0.6 is 0 Å². The molecule has 0 unspecified atom stereocenters. The molecule has 2 aromatic heterocycles. The zero-order valence-electron chi connectivity index (χ0n) is 9.56. The number of nitrogens with two attached hydrogens (primary N) is 1. The maximum atomic E-state index is 9.77. The predicted molar refractivity (Wildman–Crippen MR) is 64.6 cm³/mol. The molecule has 0 radical (unpaired) electrons. The highest BCUT2D eigenvalue weighted by Crippen LogP contribution is 2.30. The summed E-state index contributed by atoms with van der Waals surface area (Å²) in [6.45, 7) is -0.137. The summed E-state index contributed by atoms with van der Waals surface area (Å²) in [5.41, 5.74) is 7.53. The van der Waals surface area contributed by atoms with Crippen molar-refractivity contribution in [2.45, 2.75) is 18.6 Å². The Bertz CT molecular complexity index is 621. The normalized spacial score (nSPS) is 23.6. The van der Waals surface area contributed by atoms with Gasteiger partial charge in [0.1, 0.15) is 11.8 Å². The maximum absolute atomic E-state index is 9.77. The van der Waals surface area contributed by atoms with Crippen LogP contribution in [0.2, 0.25) is 0 Å². The summed E-state index contributed by atoms with van der Waals surface area (Å²) >= 11 is 0. The smallest absolute Gasteiger partial charge is 0.165 e. The van der Waals surface area contributed by atoms with Crippen molar-refractivity contribution < 1.29 is 10.2 Å². The Morgan fingerprint density at radius 2 is 2.22 bits per heavy atom. The number of hydrogen-bond donors (Lipinski definition) is 3. The van der Waals surface area contributed by atoms with Crippen LogP contribution in [0.25, 0.3) is 11.2 Å². The fourth-order valence-electron chi connectivity index (χ4n) is 2.27. The Morgan fingerprint density at radius 1 is 1.39 bits per heavy atom. The fraction of sp³-hybridized carbons (Fsp3) is 0.364. The average molecular weight is 247 g/mol. The molecule has 94 valence electrons. The standard InChI is InChI=1S/C11H13N5O2/c12-10-9-11(14-4-13-10)16(5-15-9)7-1-6(3-17)8(18)2-7/h1,4-5,7-8,17-18H,2-3H2,(H2,12,13,14)/t7-,8+/m1/s1. The van der Waals surface area contributed by atoms with Crippen molar-refractivity contribution in [3.63, 3.8) is 0 Å². The topological polar surface area (TPSA) is 110 Å². The summed E-state index contributed by atoms with van der Waals surface area (Å²) in [4.78, 5) is 12.2. The molecule has 1 aliphatic carbocycles. The second kappa shape index (κ2) is 4.04. The molecule has 3 rings (SSSR count). The first kappa shape index (κ1) is 11.1. The van der Waals surface area contributed by atoms with Crippen molar-refractivity contribution >= 4 is 17.0 Å². The van der Waals surface area contributed by atoms with E-state index in [0.29, 0.717) is 29.0 Å². The van der Waals surface area contributed by atoms with Crippen LogP contribution in [0.5, 0.6) is 0 Å². The number of aliphatic hydroxyl groups is 2. The van der Waals surface area contributed by atoms with Crippen molar-refractivity contribution in [3.8, 4) is 0 Å². The lowest BCUT2D eigenvalue weighted by Crippen LogP contribution is -2.11. The minimum Gasteiger partial charge on any atom is -0.392 e. The average Bonchev–Trinajstić information content (AvgIpc) is 2.93. The van der Waals surface area contributed by atoms with Gasteiger partial charge in [-0.05, 0) is 5.57 Å². The first-order chi connectivity index (χ1) is 8.70. The van der Waals surface area contributed by atoms with Crippen LogP contribution in [0, 0.1) is 0 Å². The molecule has 0 aliphatic heterocycles. The Balaban J connectivity index is 2.06. The summed E-state index contributed by atoms with van der Waals surface area (Å²) in [6, 6.07) is -0.0681. The first-order valence-electron chi connectivity index (χ1n) is 5.63. The highest BCUT2D eigenvalue weighted by Gasteiger charge is 2.26. The van der Waals surface area contributed by atoms with Crippen LogP contribution in [0.15, 0.2) is 24.3 Å². The fourth-order valence-corrected chi connectivity index (χ4v) is 2.27. The van der Waals surface area contributed by atoms with E-state index in [1.54, 1.807) is 6.33 Å². The van der Waals surface area contributed by atoms with Gasteiger partial charge in [-0.2, -0.15) is 0 Å². The quantitative estimate of drug-likeness (QED) is 0.625. The molecule has 0 amide bonds. The van der Waals surface area contributed by atoms with E-state index in [4.69, 9.17) is 10.8 Å². The van der Waals surface area contributed by atoms with E-state index in [0.717, 1.165) is 0 Å². The van der Waals surface area contributed by atoms with Crippen LogP contribution < -0.4 is 5.73 Å². The summed E-state index contributed by atoms with van der Waals surface area (Å²) in [5, 5.41) is 18.9. The second-order valence-corrected chi connectivity index (χ2v) is 4.30. The summed E-state index contributed by atoms with van der Waals surface area (Å²) in [7, 11) is 0. The SMILES string of the molecule is Nc1ncnc2c1ncn2[C@@H]1C=C(CO)[C@@H](O)C1. The number of aromatic nitrogens is 4. The van der Waals surface area contributed by atoms with Gasteiger partial charge in [0.2, 0.25) is 0 Å². The van der Waals surface area contributed by atoms with Gasteiger partial charge in [-0.15, -0.1) is 0 Å². The molecule has 0 saturated heterocycles. The second-order valence-electron chi connectivity index (χ2n) is 4.30. The van der Waals surface area contributed by atoms with Crippen LogP contribution in [0.3, 0.4) is 0 Å². The van der Waals surface area contributed by atoms with Gasteiger partial charge in [0, 0.05) is 6.42 Å². The lowest BCUT2D eigenvalue weighted by atomic mass is 10.2. The van der Waals surface area contributed by atoms with Crippen molar-refractivity contribution in [1.82, 2.24) is 19.5 Å². The largest absolute Gasteiger partial charge is 0.392 e. The number of nitrogen functional groups attached to an aromatic ring is 1. The Morgan fingerprint density at radius 3 is 2.94 bits per heavy atom. The van der Waals surface area contributed by atoms with E-state index in [-0.39, 0.29) is 12.6 Å². The van der Waals surface area contributed by atoms with Gasteiger partial charge in [0.05, 0.1) is 25.1 Å². The molecule has 2 heterocycles. The molecule has 2 aromatic rings. The lowest BCUT2D eigenvalue weighted by molar-refractivity contribution is 0.182. The Kier molecular flexibility index (Phi) is 2.49. The number of imidazole rings is 1. The number of nitrogens with zero attached hydrogens (tertiary/aromatic N) is 4. The molecule has 0 spiro atoms. The predicted octanol–water partition coefficient (Wildman–Crippen LogP) is -0.367. The molecule has 2 atom stereocenters. The lowest BCUT2D eigenvalue weighted by Gasteiger charge is -2.11. The van der Waals surface area contributed by atoms with Gasteiger partial charge in [-0.1, -0.05) is 6.08 Å². The van der Waals surface area contributed by atoms with Crippen LogP contribution in [0.1, 0.15) is 12.5 Å². The van der Waals surface area contributed by atoms with Crippen LogP contribution in [-0.2, 0) is 0 Å². The molecule has 1 aliphatic rings. The maximum Gasteiger partial charge on any atom is 0.165 e. The van der Waals surface area contributed by atoms with Gasteiger partial charge in [-0.3, -0.25) is 0 Å². The van der Waals surface area contributed by atoms with E-state index >= 15 is 0 Å². The molecule has 0 fully saturated rings. The molecule has 0 aromatic carbocycles. The molecule has 18 heavy (non-hydrogen) atoms. The highest BCUT2D eigenvalue weighted by atomic mass is 16.3. The molecular weight excluding hydrogens is 234 g/mol. The third kappa shape index (κ3) is 1.56. The third-order valence-electron chi connectivity index (χ3n) is 3.23. The zero-order valence-corrected chi connectivity index (χ0v) is 9.56. The van der Waals surface area contributed by atoms with Crippen LogP contribution in [0.4, 0.5) is 5.82 Å². The van der Waals surface area contributed by atoms with E-state index in [2.05, 4.69) is 15.0 Å². The summed E-state index contributed by atoms with van der Waals surface area (Å²) in [6.07, 6.45) is 4.74. The number of rotatable bonds is 2. The van der Waals surface area contributed by atoms with Gasteiger partial charge in [-0.25, -0.2) is 15.0 Å².